The van der Waals surface area contributed by atoms with Gasteiger partial charge in [-0.25, -0.2) is 4.79 Å². The van der Waals surface area contributed by atoms with E-state index in [4.69, 9.17) is 10.5 Å². The molecule has 0 saturated heterocycles. The highest BCUT2D eigenvalue weighted by Crippen LogP contribution is 2.13. The van der Waals surface area contributed by atoms with Gasteiger partial charge in [0.25, 0.3) is 0 Å². The monoisotopic (exact) mass is 575 g/mol. The van der Waals surface area contributed by atoms with E-state index >= 15 is 0 Å². The van der Waals surface area contributed by atoms with Gasteiger partial charge in [0.15, 0.2) is 0 Å². The number of hydrogen-bond acceptors (Lipinski definition) is 6. The van der Waals surface area contributed by atoms with Crippen LogP contribution in [0.1, 0.15) is 77.7 Å². The van der Waals surface area contributed by atoms with Crippen molar-refractivity contribution in [3.63, 3.8) is 0 Å². The SMILES string of the molecule is C=CC(CCCCCCC)OCC(=O)N[C@H](C(=O)NC(CCCNC(N)=O)C(=O)Nc1ccc(CO)cc1)C(C)C. The van der Waals surface area contributed by atoms with E-state index in [1.165, 1.54) is 19.3 Å². The number of benzene rings is 1. The molecular formula is C30H49N5O6. The van der Waals surface area contributed by atoms with E-state index in [0.29, 0.717) is 17.7 Å². The van der Waals surface area contributed by atoms with Crippen LogP contribution in [-0.4, -0.2) is 60.2 Å². The second-order valence-electron chi connectivity index (χ2n) is 10.4. The summed E-state index contributed by atoms with van der Waals surface area (Å²) in [6.45, 7) is 9.44. The van der Waals surface area contributed by atoms with Gasteiger partial charge in [0.05, 0.1) is 12.7 Å². The van der Waals surface area contributed by atoms with Gasteiger partial charge in [0.2, 0.25) is 17.7 Å². The van der Waals surface area contributed by atoms with Gasteiger partial charge in [-0.2, -0.15) is 0 Å². The van der Waals surface area contributed by atoms with Crippen molar-refractivity contribution < 1.29 is 29.0 Å². The number of aliphatic hydroxyl groups excluding tert-OH is 1. The minimum atomic E-state index is -0.943. The summed E-state index contributed by atoms with van der Waals surface area (Å²) in [6, 6.07) is 4.13. The van der Waals surface area contributed by atoms with Crippen molar-refractivity contribution in [2.75, 3.05) is 18.5 Å². The predicted molar refractivity (Wildman–Crippen MR) is 160 cm³/mol. The highest BCUT2D eigenvalue weighted by Gasteiger charge is 2.29. The summed E-state index contributed by atoms with van der Waals surface area (Å²) >= 11 is 0. The van der Waals surface area contributed by atoms with E-state index in [1.807, 2.05) is 0 Å². The Hall–Kier alpha value is -3.44. The Bertz CT molecular complexity index is 953. The third-order valence-electron chi connectivity index (χ3n) is 6.56. The van der Waals surface area contributed by atoms with Crippen LogP contribution in [0, 0.1) is 5.92 Å². The molecule has 11 nitrogen and oxygen atoms in total. The highest BCUT2D eigenvalue weighted by molar-refractivity contribution is 5.98. The molecule has 0 aliphatic carbocycles. The fourth-order valence-corrected chi connectivity index (χ4v) is 4.12. The molecule has 11 heteroatoms. The first-order chi connectivity index (χ1) is 19.6. The summed E-state index contributed by atoms with van der Waals surface area (Å²) in [5, 5.41) is 19.9. The summed E-state index contributed by atoms with van der Waals surface area (Å²) in [7, 11) is 0. The van der Waals surface area contributed by atoms with Crippen LogP contribution in [-0.2, 0) is 25.7 Å². The number of amides is 5. The standard InChI is InChI=1S/C30H49N5O6/c1-5-7-8-9-10-12-24(6-2)41-20-26(37)35-27(21(3)4)29(39)34-25(13-11-18-32-30(31)40)28(38)33-23-16-14-22(19-36)15-17-23/h6,14-17,21,24-25,27,36H,2,5,7-13,18-20H2,1,3-4H3,(H,33,38)(H,34,39)(H,35,37)(H3,31,32,40)/t24?,25?,27-/m0/s1. The number of carbonyl (C=O) groups excluding carboxylic acids is 4. The second-order valence-corrected chi connectivity index (χ2v) is 10.4. The molecule has 41 heavy (non-hydrogen) atoms. The van der Waals surface area contributed by atoms with Crippen LogP contribution in [0.5, 0.6) is 0 Å². The molecule has 2 unspecified atom stereocenters. The molecule has 0 radical (unpaired) electrons. The van der Waals surface area contributed by atoms with Crippen LogP contribution in [0.2, 0.25) is 0 Å². The van der Waals surface area contributed by atoms with Gasteiger partial charge in [-0.15, -0.1) is 6.58 Å². The molecule has 5 amide bonds. The second kappa shape index (κ2) is 20.4. The van der Waals surface area contributed by atoms with Crippen molar-refractivity contribution in [1.82, 2.24) is 16.0 Å². The van der Waals surface area contributed by atoms with Gasteiger partial charge in [0.1, 0.15) is 18.7 Å². The zero-order chi connectivity index (χ0) is 30.6. The molecule has 0 fully saturated rings. The van der Waals surface area contributed by atoms with Crippen molar-refractivity contribution in [1.29, 1.82) is 0 Å². The average Bonchev–Trinajstić information content (AvgIpc) is 2.94. The number of ether oxygens (including phenoxy) is 1. The van der Waals surface area contributed by atoms with Gasteiger partial charge in [-0.1, -0.05) is 71.1 Å². The molecule has 0 aromatic heterocycles. The van der Waals surface area contributed by atoms with E-state index < -0.39 is 35.8 Å². The van der Waals surface area contributed by atoms with E-state index in [0.717, 1.165) is 19.3 Å². The van der Waals surface area contributed by atoms with Crippen molar-refractivity contribution in [3.8, 4) is 0 Å². The molecule has 1 rings (SSSR count). The summed E-state index contributed by atoms with van der Waals surface area (Å²) in [4.78, 5) is 50.0. The van der Waals surface area contributed by atoms with Crippen molar-refractivity contribution in [2.24, 2.45) is 11.7 Å². The number of aliphatic hydroxyl groups is 1. The fourth-order valence-electron chi connectivity index (χ4n) is 4.12. The fraction of sp³-hybridized carbons (Fsp3) is 0.600. The van der Waals surface area contributed by atoms with E-state index in [2.05, 4.69) is 34.8 Å². The van der Waals surface area contributed by atoms with Crippen LogP contribution < -0.4 is 27.0 Å². The molecule has 0 aliphatic heterocycles. The smallest absolute Gasteiger partial charge is 0.312 e. The third kappa shape index (κ3) is 15.2. The van der Waals surface area contributed by atoms with Gasteiger partial charge in [0, 0.05) is 12.2 Å². The number of anilines is 1. The minimum Gasteiger partial charge on any atom is -0.392 e. The number of urea groups is 1. The van der Waals surface area contributed by atoms with Crippen molar-refractivity contribution in [3.05, 3.63) is 42.5 Å². The van der Waals surface area contributed by atoms with E-state index in [-0.39, 0.29) is 38.2 Å². The largest absolute Gasteiger partial charge is 0.392 e. The Balaban J connectivity index is 2.79. The number of nitrogens with one attached hydrogen (secondary N) is 4. The first-order valence-electron chi connectivity index (χ1n) is 14.5. The van der Waals surface area contributed by atoms with Crippen LogP contribution in [0.15, 0.2) is 36.9 Å². The number of hydrogen-bond donors (Lipinski definition) is 6. The maximum absolute atomic E-state index is 13.3. The zero-order valence-corrected chi connectivity index (χ0v) is 24.7. The normalized spacial score (nSPS) is 13.1. The molecule has 0 spiro atoms. The summed E-state index contributed by atoms with van der Waals surface area (Å²) < 4.78 is 5.72. The molecule has 7 N–H and O–H groups in total. The van der Waals surface area contributed by atoms with Crippen LogP contribution in [0.4, 0.5) is 10.5 Å². The predicted octanol–water partition coefficient (Wildman–Crippen LogP) is 3.12. The molecular weight excluding hydrogens is 526 g/mol. The van der Waals surface area contributed by atoms with Crippen LogP contribution in [0.25, 0.3) is 0 Å². The summed E-state index contributed by atoms with van der Waals surface area (Å²) in [5.74, 6) is -1.67. The van der Waals surface area contributed by atoms with Crippen molar-refractivity contribution in [2.45, 2.75) is 96.9 Å². The molecule has 0 heterocycles. The number of rotatable bonds is 21. The number of unbranched alkanes of at least 4 members (excludes halogenated alkanes) is 4. The van der Waals surface area contributed by atoms with E-state index in [9.17, 15) is 24.3 Å². The van der Waals surface area contributed by atoms with Crippen LogP contribution in [0.3, 0.4) is 0 Å². The first-order valence-corrected chi connectivity index (χ1v) is 14.5. The molecule has 0 bridgehead atoms. The first kappa shape index (κ1) is 35.6. The molecule has 1 aromatic rings. The molecule has 0 saturated carbocycles. The number of carbonyl (C=O) groups is 4. The summed E-state index contributed by atoms with van der Waals surface area (Å²) in [5.41, 5.74) is 6.30. The van der Waals surface area contributed by atoms with E-state index in [1.54, 1.807) is 44.2 Å². The zero-order valence-electron chi connectivity index (χ0n) is 24.7. The minimum absolute atomic E-state index is 0.125. The molecule has 0 aliphatic rings. The average molecular weight is 576 g/mol. The van der Waals surface area contributed by atoms with Gasteiger partial charge in [-0.3, -0.25) is 14.4 Å². The molecule has 1 aromatic carbocycles. The topological polar surface area (TPSA) is 172 Å². The quantitative estimate of drug-likeness (QED) is 0.0971. The molecule has 3 atom stereocenters. The lowest BCUT2D eigenvalue weighted by molar-refractivity contribution is -0.134. The Kier molecular flexibility index (Phi) is 17.7. The van der Waals surface area contributed by atoms with Gasteiger partial charge >= 0.3 is 6.03 Å². The Morgan fingerprint density at radius 3 is 2.24 bits per heavy atom. The lowest BCUT2D eigenvalue weighted by atomic mass is 10.0. The highest BCUT2D eigenvalue weighted by atomic mass is 16.5. The lowest BCUT2D eigenvalue weighted by Crippen LogP contribution is -2.55. The maximum atomic E-state index is 13.3. The van der Waals surface area contributed by atoms with Gasteiger partial charge < -0.3 is 36.8 Å². The Labute approximate surface area is 244 Å². The van der Waals surface area contributed by atoms with Crippen LogP contribution >= 0.6 is 0 Å². The number of primary amides is 1. The Morgan fingerprint density at radius 1 is 0.976 bits per heavy atom. The molecule has 230 valence electrons. The summed E-state index contributed by atoms with van der Waals surface area (Å²) in [6.07, 6.45) is 8.43. The van der Waals surface area contributed by atoms with Crippen molar-refractivity contribution >= 4 is 29.4 Å². The lowest BCUT2D eigenvalue weighted by Gasteiger charge is -2.25. The maximum Gasteiger partial charge on any atom is 0.312 e. The third-order valence-corrected chi connectivity index (χ3v) is 6.56. The number of nitrogens with two attached hydrogens (primary N) is 1. The van der Waals surface area contributed by atoms with Gasteiger partial charge in [-0.05, 0) is 42.9 Å². The Morgan fingerprint density at radius 2 is 1.66 bits per heavy atom.